The van der Waals surface area contributed by atoms with Crippen molar-refractivity contribution in [3.05, 3.63) is 65.7 Å². The normalized spacial score (nSPS) is 15.7. The van der Waals surface area contributed by atoms with Gasteiger partial charge in [0.05, 0.1) is 12.5 Å². The summed E-state index contributed by atoms with van der Waals surface area (Å²) in [7, 11) is 0. The quantitative estimate of drug-likeness (QED) is 0.714. The first-order chi connectivity index (χ1) is 12.2. The predicted molar refractivity (Wildman–Crippen MR) is 93.7 cm³/mol. The van der Waals surface area contributed by atoms with Gasteiger partial charge >= 0.3 is 0 Å². The molecule has 1 unspecified atom stereocenters. The molecule has 130 valence electrons. The van der Waals surface area contributed by atoms with E-state index < -0.39 is 0 Å². The van der Waals surface area contributed by atoms with E-state index in [0.717, 1.165) is 11.1 Å². The van der Waals surface area contributed by atoms with Crippen molar-refractivity contribution in [3.63, 3.8) is 0 Å². The Morgan fingerprint density at radius 1 is 1.08 bits per heavy atom. The monoisotopic (exact) mass is 339 g/mol. The Hall–Kier alpha value is -2.86. The molecule has 0 saturated heterocycles. The van der Waals surface area contributed by atoms with Gasteiger partial charge in [-0.1, -0.05) is 48.5 Å². The maximum absolute atomic E-state index is 12.0. The number of para-hydroxylation sites is 1. The van der Waals surface area contributed by atoms with Crippen LogP contribution in [0.3, 0.4) is 0 Å². The van der Waals surface area contributed by atoms with Crippen molar-refractivity contribution in [1.82, 2.24) is 16.1 Å². The zero-order chi connectivity index (χ0) is 17.5. The molecule has 6 nitrogen and oxygen atoms in total. The number of nitrogens with one attached hydrogen (secondary N) is 3. The highest BCUT2D eigenvalue weighted by atomic mass is 16.7. The average Bonchev–Trinajstić information content (AvgIpc) is 2.64. The van der Waals surface area contributed by atoms with Gasteiger partial charge in [-0.3, -0.25) is 9.59 Å². The van der Waals surface area contributed by atoms with Crippen molar-refractivity contribution >= 4 is 11.8 Å². The van der Waals surface area contributed by atoms with Crippen molar-refractivity contribution in [2.45, 2.75) is 18.9 Å². The third-order valence-corrected chi connectivity index (χ3v) is 4.09. The summed E-state index contributed by atoms with van der Waals surface area (Å²) in [5.74, 6) is 0.0670. The summed E-state index contributed by atoms with van der Waals surface area (Å²) in [5, 5.41) is 5.95. The number of amides is 2. The Bertz CT molecular complexity index is 734. The second-order valence-corrected chi connectivity index (χ2v) is 5.89. The fourth-order valence-electron chi connectivity index (χ4n) is 2.80. The Morgan fingerprint density at radius 2 is 1.84 bits per heavy atom. The molecular formula is C19H21N3O3. The molecule has 0 spiro atoms. The smallest absolute Gasteiger partial charge is 0.260 e. The highest BCUT2D eigenvalue weighted by molar-refractivity contribution is 5.85. The van der Waals surface area contributed by atoms with Gasteiger partial charge in [-0.15, -0.1) is 0 Å². The lowest BCUT2D eigenvalue weighted by Crippen LogP contribution is -2.39. The Kier molecular flexibility index (Phi) is 5.64. The number of rotatable bonds is 7. The van der Waals surface area contributed by atoms with Gasteiger partial charge in [-0.2, -0.15) is 5.48 Å². The van der Waals surface area contributed by atoms with Gasteiger partial charge in [-0.25, -0.2) is 0 Å². The molecule has 1 aliphatic heterocycles. The summed E-state index contributed by atoms with van der Waals surface area (Å²) in [6.07, 6.45) is 0.524. The third kappa shape index (κ3) is 4.58. The zero-order valence-corrected chi connectivity index (χ0v) is 13.8. The molecule has 3 rings (SSSR count). The molecule has 0 aliphatic carbocycles. The van der Waals surface area contributed by atoms with E-state index in [1.165, 1.54) is 0 Å². The van der Waals surface area contributed by atoms with Gasteiger partial charge in [-0.05, 0) is 18.1 Å². The second-order valence-electron chi connectivity index (χ2n) is 5.89. The van der Waals surface area contributed by atoms with E-state index in [1.54, 1.807) is 0 Å². The summed E-state index contributed by atoms with van der Waals surface area (Å²) >= 11 is 0. The van der Waals surface area contributed by atoms with Crippen molar-refractivity contribution < 1.29 is 14.4 Å². The van der Waals surface area contributed by atoms with Crippen LogP contribution in [0.5, 0.6) is 5.75 Å². The van der Waals surface area contributed by atoms with E-state index in [0.29, 0.717) is 25.3 Å². The van der Waals surface area contributed by atoms with E-state index in [1.807, 2.05) is 54.6 Å². The highest BCUT2D eigenvalue weighted by Crippen LogP contribution is 2.31. The first-order valence-electron chi connectivity index (χ1n) is 8.31. The maximum Gasteiger partial charge on any atom is 0.260 e. The van der Waals surface area contributed by atoms with E-state index >= 15 is 0 Å². The van der Waals surface area contributed by atoms with Crippen LogP contribution in [0, 0.1) is 0 Å². The maximum atomic E-state index is 12.0. The Morgan fingerprint density at radius 3 is 2.68 bits per heavy atom. The van der Waals surface area contributed by atoms with Crippen LogP contribution in [0.25, 0.3) is 0 Å². The molecule has 0 aromatic heterocycles. The fraction of sp³-hybridized carbons (Fsp3) is 0.263. The molecule has 1 atom stereocenters. The van der Waals surface area contributed by atoms with Crippen molar-refractivity contribution in [2.75, 3.05) is 13.1 Å². The molecule has 2 amide bonds. The first kappa shape index (κ1) is 17.0. The molecule has 0 fully saturated rings. The van der Waals surface area contributed by atoms with Crippen LogP contribution < -0.4 is 21.0 Å². The molecule has 1 aliphatic rings. The molecular weight excluding hydrogens is 318 g/mol. The van der Waals surface area contributed by atoms with Crippen LogP contribution in [0.1, 0.15) is 23.5 Å². The lowest BCUT2D eigenvalue weighted by atomic mass is 9.93. The summed E-state index contributed by atoms with van der Waals surface area (Å²) in [5.41, 5.74) is 4.39. The van der Waals surface area contributed by atoms with Crippen LogP contribution >= 0.6 is 0 Å². The van der Waals surface area contributed by atoms with Gasteiger partial charge in [0.1, 0.15) is 0 Å². The molecule has 25 heavy (non-hydrogen) atoms. The average molecular weight is 339 g/mol. The molecule has 3 N–H and O–H groups in total. The van der Waals surface area contributed by atoms with Crippen LogP contribution in [0.2, 0.25) is 0 Å². The van der Waals surface area contributed by atoms with Crippen molar-refractivity contribution in [3.8, 4) is 5.75 Å². The van der Waals surface area contributed by atoms with Crippen LogP contribution in [-0.4, -0.2) is 24.9 Å². The van der Waals surface area contributed by atoms with E-state index in [9.17, 15) is 9.59 Å². The highest BCUT2D eigenvalue weighted by Gasteiger charge is 2.28. The molecule has 6 heteroatoms. The van der Waals surface area contributed by atoms with Crippen molar-refractivity contribution in [1.29, 1.82) is 0 Å². The number of carbonyl (C=O) groups is 2. The number of hydroxylamine groups is 1. The number of hydrogen-bond donors (Lipinski definition) is 3. The van der Waals surface area contributed by atoms with Gasteiger partial charge in [0.2, 0.25) is 5.91 Å². The topological polar surface area (TPSA) is 79.5 Å². The number of hydrogen-bond acceptors (Lipinski definition) is 4. The minimum atomic E-state index is -0.317. The van der Waals surface area contributed by atoms with Crippen LogP contribution in [-0.2, 0) is 16.1 Å². The Labute approximate surface area is 146 Å². The fourth-order valence-corrected chi connectivity index (χ4v) is 2.80. The largest absolute Gasteiger partial charge is 0.379 e. The minimum absolute atomic E-state index is 0.0864. The number of carbonyl (C=O) groups excluding carboxylic acids is 2. The van der Waals surface area contributed by atoms with E-state index in [-0.39, 0.29) is 24.3 Å². The molecule has 2 aromatic rings. The van der Waals surface area contributed by atoms with Gasteiger partial charge in [0, 0.05) is 18.7 Å². The molecule has 0 radical (unpaired) electrons. The summed E-state index contributed by atoms with van der Waals surface area (Å²) in [6.45, 7) is 1.31. The third-order valence-electron chi connectivity index (χ3n) is 4.09. The van der Waals surface area contributed by atoms with Crippen LogP contribution in [0.4, 0.5) is 0 Å². The molecule has 2 aromatic carbocycles. The van der Waals surface area contributed by atoms with E-state index in [2.05, 4.69) is 16.1 Å². The number of benzene rings is 2. The SMILES string of the molecule is O=C(CNCc1ccccc1)NCCC1C(=O)NOc2ccccc21. The zero-order valence-electron chi connectivity index (χ0n) is 13.8. The molecule has 0 bridgehead atoms. The molecule has 1 heterocycles. The lowest BCUT2D eigenvalue weighted by Gasteiger charge is -2.24. The standard InChI is InChI=1S/C19H21N3O3/c23-18(13-20-12-14-6-2-1-3-7-14)21-11-10-16-15-8-4-5-9-17(15)25-22-19(16)24/h1-9,16,20H,10-13H2,(H,21,23)(H,22,24). The summed E-state index contributed by atoms with van der Waals surface area (Å²) < 4.78 is 0. The summed E-state index contributed by atoms with van der Waals surface area (Å²) in [6, 6.07) is 17.3. The number of fused-ring (bicyclic) bond motifs is 1. The first-order valence-corrected chi connectivity index (χ1v) is 8.31. The van der Waals surface area contributed by atoms with E-state index in [4.69, 9.17) is 4.84 Å². The van der Waals surface area contributed by atoms with Gasteiger partial charge in [0.25, 0.3) is 5.91 Å². The summed E-state index contributed by atoms with van der Waals surface area (Å²) in [4.78, 5) is 29.1. The molecule has 0 saturated carbocycles. The van der Waals surface area contributed by atoms with Crippen LogP contribution in [0.15, 0.2) is 54.6 Å². The predicted octanol–water partition coefficient (Wildman–Crippen LogP) is 1.49. The lowest BCUT2D eigenvalue weighted by molar-refractivity contribution is -0.131. The second kappa shape index (κ2) is 8.30. The van der Waals surface area contributed by atoms with Crippen molar-refractivity contribution in [2.24, 2.45) is 0 Å². The van der Waals surface area contributed by atoms with Gasteiger partial charge < -0.3 is 15.5 Å². The van der Waals surface area contributed by atoms with Gasteiger partial charge in [0.15, 0.2) is 5.75 Å². The Balaban J connectivity index is 1.42. The minimum Gasteiger partial charge on any atom is -0.379 e.